The Kier molecular flexibility index (Phi) is 35.2. The van der Waals surface area contributed by atoms with Crippen LogP contribution in [0.25, 0.3) is 0 Å². The van der Waals surface area contributed by atoms with Crippen molar-refractivity contribution in [2.24, 2.45) is 0 Å². The van der Waals surface area contributed by atoms with Crippen molar-refractivity contribution in [3.05, 3.63) is 0 Å². The van der Waals surface area contributed by atoms with Gasteiger partial charge in [0.25, 0.3) is 0 Å². The van der Waals surface area contributed by atoms with Crippen molar-refractivity contribution in [1.82, 2.24) is 0 Å². The van der Waals surface area contributed by atoms with Crippen LogP contribution in [0.2, 0.25) is 0 Å². The average Bonchev–Trinajstić information content (AvgIpc) is 1.41. The summed E-state index contributed by atoms with van der Waals surface area (Å²) in [7, 11) is 0. The van der Waals surface area contributed by atoms with Crippen LogP contribution in [0.4, 0.5) is 0 Å². The number of unbranched alkanes of at least 4 members (excludes halogenated alkanes) is 1. The average molecular weight is 130 g/mol. The molecule has 0 aliphatic rings. The zero-order chi connectivity index (χ0) is 4.12. The fourth-order valence-electron chi connectivity index (χ4n) is 0.158. The summed E-state index contributed by atoms with van der Waals surface area (Å²) >= 11 is 0. The minimum absolute atomic E-state index is 0. The minimum atomic E-state index is 0. The molecular formula is C4H15AlMgO. The monoisotopic (exact) mass is 130 g/mol. The third kappa shape index (κ3) is 18.9. The molecular weight excluding hydrogens is 115 g/mol. The van der Waals surface area contributed by atoms with Gasteiger partial charge < -0.3 is 7.96 Å². The molecule has 0 heterocycles. The smallest absolute Gasteiger partial charge is 1.00 e. The van der Waals surface area contributed by atoms with Gasteiger partial charge in [0.05, 0.1) is 0 Å². The third-order valence-corrected chi connectivity index (χ3v) is 0.512. The van der Waals surface area contributed by atoms with E-state index < -0.39 is 0 Å². The first-order valence-electron chi connectivity index (χ1n) is 2.02. The molecule has 0 radical (unpaired) electrons. The first-order chi connectivity index (χ1) is 2.41. The molecule has 0 aromatic heterocycles. The summed E-state index contributed by atoms with van der Waals surface area (Å²) in [5.74, 6) is 0. The maximum atomic E-state index is 8.07. The molecule has 0 aliphatic carbocycles. The van der Waals surface area contributed by atoms with E-state index in [0.717, 1.165) is 12.8 Å². The third-order valence-electron chi connectivity index (χ3n) is 0.512. The van der Waals surface area contributed by atoms with Crippen LogP contribution in [-0.4, -0.2) is 52.1 Å². The molecule has 0 saturated carbocycles. The van der Waals surface area contributed by atoms with Crippen LogP contribution in [0.1, 0.15) is 22.6 Å². The van der Waals surface area contributed by atoms with E-state index in [0.29, 0.717) is 6.61 Å². The van der Waals surface area contributed by atoms with E-state index >= 15 is 0 Å². The van der Waals surface area contributed by atoms with E-state index in [1.54, 1.807) is 0 Å². The van der Waals surface area contributed by atoms with Gasteiger partial charge in [0.1, 0.15) is 0 Å². The van der Waals surface area contributed by atoms with E-state index in [2.05, 4.69) is 6.92 Å². The van der Waals surface area contributed by atoms with E-state index in [1.807, 2.05) is 0 Å². The van der Waals surface area contributed by atoms with Crippen LogP contribution in [-0.2, 0) is 0 Å². The summed E-state index contributed by atoms with van der Waals surface area (Å²) in [5, 5.41) is 8.07. The van der Waals surface area contributed by atoms with E-state index in [9.17, 15) is 0 Å². The first-order valence-corrected chi connectivity index (χ1v) is 2.02. The summed E-state index contributed by atoms with van der Waals surface area (Å²) in [6.07, 6.45) is 2.04. The summed E-state index contributed by atoms with van der Waals surface area (Å²) in [6, 6.07) is 0. The van der Waals surface area contributed by atoms with Crippen molar-refractivity contribution in [3.63, 3.8) is 0 Å². The van der Waals surface area contributed by atoms with Gasteiger partial charge in [-0.1, -0.05) is 13.3 Å². The van der Waals surface area contributed by atoms with Crippen LogP contribution >= 0.6 is 0 Å². The molecule has 0 aliphatic heterocycles. The Bertz CT molecular complexity index is 26.0. The van der Waals surface area contributed by atoms with Crippen molar-refractivity contribution < 1.29 is 7.96 Å². The van der Waals surface area contributed by atoms with E-state index in [1.165, 1.54) is 0 Å². The molecule has 1 nitrogen and oxygen atoms in total. The molecule has 0 spiro atoms. The molecule has 1 N–H and O–H groups in total. The Hall–Kier alpha value is 1.26. The van der Waals surface area contributed by atoms with Crippen molar-refractivity contribution in [2.45, 2.75) is 19.8 Å². The predicted octanol–water partition coefficient (Wildman–Crippen LogP) is -0.561. The van der Waals surface area contributed by atoms with Gasteiger partial charge in [-0.3, -0.25) is 0 Å². The van der Waals surface area contributed by atoms with Crippen LogP contribution < -0.4 is 0 Å². The number of aliphatic hydroxyl groups excluding tert-OH is 1. The minimum Gasteiger partial charge on any atom is -1.00 e. The second kappa shape index (κ2) is 15.7. The van der Waals surface area contributed by atoms with Crippen molar-refractivity contribution in [3.8, 4) is 0 Å². The van der Waals surface area contributed by atoms with Crippen molar-refractivity contribution >= 4 is 40.4 Å². The maximum absolute atomic E-state index is 8.07. The number of rotatable bonds is 2. The topological polar surface area (TPSA) is 20.2 Å². The zero-order valence-electron chi connectivity index (χ0n) is 6.28. The Morgan fingerprint density at radius 2 is 2.00 bits per heavy atom. The van der Waals surface area contributed by atoms with Crippen molar-refractivity contribution in [2.75, 3.05) is 6.61 Å². The van der Waals surface area contributed by atoms with Crippen LogP contribution in [0.5, 0.6) is 0 Å². The molecule has 0 amide bonds. The summed E-state index contributed by atoms with van der Waals surface area (Å²) in [6.45, 7) is 2.40. The standard InChI is InChI=1S/C4H10O.Al.Mg.5H/c1-2-3-4-5;;;;;;;/h5H,2-4H2,1H3;;;;;;;/q;;+2;;;;2*-1. The van der Waals surface area contributed by atoms with Gasteiger partial charge in [0, 0.05) is 6.61 Å². The summed E-state index contributed by atoms with van der Waals surface area (Å²) in [4.78, 5) is 0. The van der Waals surface area contributed by atoms with E-state index in [-0.39, 0.29) is 43.3 Å². The van der Waals surface area contributed by atoms with Gasteiger partial charge >= 0.3 is 23.1 Å². The Morgan fingerprint density at radius 3 is 2.00 bits per heavy atom. The number of hydrogen-bond acceptors (Lipinski definition) is 1. The quantitative estimate of drug-likeness (QED) is 0.497. The Morgan fingerprint density at radius 1 is 1.57 bits per heavy atom. The first kappa shape index (κ1) is 15.7. The molecule has 3 heteroatoms. The fourth-order valence-corrected chi connectivity index (χ4v) is 0.158. The molecule has 0 bridgehead atoms. The Balaban J connectivity index is -0.0000000133. The molecule has 0 saturated heterocycles. The van der Waals surface area contributed by atoms with Gasteiger partial charge in [0.15, 0.2) is 17.4 Å². The normalized spacial score (nSPS) is 6.00. The summed E-state index contributed by atoms with van der Waals surface area (Å²) in [5.41, 5.74) is 0. The molecule has 0 unspecified atom stereocenters. The Labute approximate surface area is 74.7 Å². The predicted molar refractivity (Wildman–Crippen MR) is 39.9 cm³/mol. The zero-order valence-corrected chi connectivity index (χ0v) is 5.69. The van der Waals surface area contributed by atoms with Gasteiger partial charge in [-0.15, -0.1) is 0 Å². The molecule has 0 rings (SSSR count). The number of aliphatic hydroxyl groups is 1. The molecule has 7 heavy (non-hydrogen) atoms. The largest absolute Gasteiger partial charge is 2.00 e. The second-order valence-corrected chi connectivity index (χ2v) is 1.08. The number of hydrogen-bond donors (Lipinski definition) is 1. The van der Waals surface area contributed by atoms with E-state index in [4.69, 9.17) is 5.11 Å². The van der Waals surface area contributed by atoms with Gasteiger partial charge in [-0.2, -0.15) is 0 Å². The van der Waals surface area contributed by atoms with Crippen molar-refractivity contribution in [1.29, 1.82) is 0 Å². The fraction of sp³-hybridized carbons (Fsp3) is 1.00. The van der Waals surface area contributed by atoms with Gasteiger partial charge in [-0.05, 0) is 6.42 Å². The molecule has 42 valence electrons. The second-order valence-electron chi connectivity index (χ2n) is 1.08. The molecule has 0 atom stereocenters. The maximum Gasteiger partial charge on any atom is 2.00 e. The SMILES string of the molecule is CCCCO.[AlH3].[H-].[H-].[Mg+2]. The molecule has 0 aromatic carbocycles. The van der Waals surface area contributed by atoms with Crippen LogP contribution in [0.15, 0.2) is 0 Å². The molecule has 0 fully saturated rings. The van der Waals surface area contributed by atoms with Gasteiger partial charge in [-0.25, -0.2) is 0 Å². The molecule has 0 aromatic rings. The van der Waals surface area contributed by atoms with Crippen LogP contribution in [0.3, 0.4) is 0 Å². The summed E-state index contributed by atoms with van der Waals surface area (Å²) < 4.78 is 0. The van der Waals surface area contributed by atoms with Crippen LogP contribution in [0, 0.1) is 0 Å². The van der Waals surface area contributed by atoms with Gasteiger partial charge in [0.2, 0.25) is 0 Å².